The Morgan fingerprint density at radius 1 is 1.55 bits per heavy atom. The average Bonchev–Trinajstić information content (AvgIpc) is 1.83. The summed E-state index contributed by atoms with van der Waals surface area (Å²) in [6.07, 6.45) is 4.58. The summed E-state index contributed by atoms with van der Waals surface area (Å²) in [5, 5.41) is 3.14. The fourth-order valence-corrected chi connectivity index (χ4v) is 1.46. The van der Waals surface area contributed by atoms with Gasteiger partial charge in [0, 0.05) is 13.7 Å². The summed E-state index contributed by atoms with van der Waals surface area (Å²) in [5.74, 6) is 0.831. The van der Waals surface area contributed by atoms with Crippen molar-refractivity contribution in [2.24, 2.45) is 5.92 Å². The van der Waals surface area contributed by atoms with Crippen molar-refractivity contribution in [1.29, 1.82) is 0 Å². The maximum Gasteiger partial charge on any atom is 0.0723 e. The maximum atomic E-state index is 5.33. The van der Waals surface area contributed by atoms with Gasteiger partial charge in [-0.2, -0.15) is 0 Å². The van der Waals surface area contributed by atoms with Gasteiger partial charge < -0.3 is 10.1 Å². The van der Waals surface area contributed by atoms with Crippen LogP contribution in [0.1, 0.15) is 19.3 Å². The molecule has 0 spiro atoms. The number of halogens is 1. The van der Waals surface area contributed by atoms with E-state index in [-0.39, 0.29) is 12.4 Å². The Kier molecular flexibility index (Phi) is 5.92. The number of rotatable bonds is 4. The largest absolute Gasteiger partial charge is 0.380 e. The van der Waals surface area contributed by atoms with Crippen LogP contribution >= 0.6 is 12.4 Å². The number of ether oxygens (including phenoxy) is 1. The molecule has 1 rings (SSSR count). The second-order valence-corrected chi connectivity index (χ2v) is 3.02. The third-order valence-corrected chi connectivity index (χ3v) is 2.38. The smallest absolute Gasteiger partial charge is 0.0723 e. The van der Waals surface area contributed by atoms with E-state index in [4.69, 9.17) is 4.74 Å². The SMILES string of the molecule is CNCC(OC)C1CCC1.Cl. The lowest BCUT2D eigenvalue weighted by Crippen LogP contribution is -2.36. The molecule has 1 N–H and O–H groups in total. The standard InChI is InChI=1S/C8H17NO.ClH/c1-9-6-8(10-2)7-4-3-5-7;/h7-9H,3-6H2,1-2H3;1H. The van der Waals surface area contributed by atoms with Crippen LogP contribution in [-0.2, 0) is 4.74 Å². The fraction of sp³-hybridized carbons (Fsp3) is 1.00. The monoisotopic (exact) mass is 179 g/mol. The van der Waals surface area contributed by atoms with Crippen molar-refractivity contribution in [1.82, 2.24) is 5.32 Å². The van der Waals surface area contributed by atoms with Crippen LogP contribution in [0.25, 0.3) is 0 Å². The van der Waals surface area contributed by atoms with E-state index in [9.17, 15) is 0 Å². The summed E-state index contributed by atoms with van der Waals surface area (Å²) in [6, 6.07) is 0. The molecule has 1 unspecified atom stereocenters. The second kappa shape index (κ2) is 5.81. The van der Waals surface area contributed by atoms with Crippen LogP contribution in [-0.4, -0.2) is 26.8 Å². The summed E-state index contributed by atoms with van der Waals surface area (Å²) in [4.78, 5) is 0. The van der Waals surface area contributed by atoms with E-state index in [0.29, 0.717) is 6.10 Å². The van der Waals surface area contributed by atoms with Crippen LogP contribution in [0.2, 0.25) is 0 Å². The lowest BCUT2D eigenvalue weighted by Gasteiger charge is -2.32. The van der Waals surface area contributed by atoms with Crippen molar-refractivity contribution in [3.8, 4) is 0 Å². The third kappa shape index (κ3) is 2.97. The van der Waals surface area contributed by atoms with Gasteiger partial charge in [-0.25, -0.2) is 0 Å². The highest BCUT2D eigenvalue weighted by atomic mass is 35.5. The lowest BCUT2D eigenvalue weighted by atomic mass is 9.81. The van der Waals surface area contributed by atoms with Crippen LogP contribution in [0.5, 0.6) is 0 Å². The zero-order valence-electron chi connectivity index (χ0n) is 7.30. The Balaban J connectivity index is 0.000001000. The molecule has 0 radical (unpaired) electrons. The Bertz CT molecular complexity index is 96.1. The molecule has 3 heteroatoms. The number of methoxy groups -OCH3 is 1. The van der Waals surface area contributed by atoms with Crippen molar-refractivity contribution >= 4 is 12.4 Å². The normalized spacial score (nSPS) is 20.2. The Labute approximate surface area is 75.1 Å². The van der Waals surface area contributed by atoms with Crippen LogP contribution in [0.3, 0.4) is 0 Å². The number of hydrogen-bond acceptors (Lipinski definition) is 2. The molecule has 1 saturated carbocycles. The zero-order valence-corrected chi connectivity index (χ0v) is 8.12. The molecule has 1 fully saturated rings. The van der Waals surface area contributed by atoms with Gasteiger partial charge in [0.25, 0.3) is 0 Å². The minimum Gasteiger partial charge on any atom is -0.380 e. The van der Waals surface area contributed by atoms with Crippen molar-refractivity contribution in [2.45, 2.75) is 25.4 Å². The molecule has 0 aromatic carbocycles. The molecule has 0 aromatic rings. The third-order valence-electron chi connectivity index (χ3n) is 2.38. The summed E-state index contributed by atoms with van der Waals surface area (Å²) < 4.78 is 5.33. The van der Waals surface area contributed by atoms with E-state index < -0.39 is 0 Å². The molecule has 0 bridgehead atoms. The van der Waals surface area contributed by atoms with E-state index in [1.165, 1.54) is 19.3 Å². The zero-order chi connectivity index (χ0) is 7.40. The van der Waals surface area contributed by atoms with Gasteiger partial charge in [-0.3, -0.25) is 0 Å². The maximum absolute atomic E-state index is 5.33. The van der Waals surface area contributed by atoms with Crippen LogP contribution in [0.4, 0.5) is 0 Å². The molecule has 0 aliphatic heterocycles. The Morgan fingerprint density at radius 3 is 2.45 bits per heavy atom. The highest BCUT2D eigenvalue weighted by Gasteiger charge is 2.26. The molecular weight excluding hydrogens is 162 g/mol. The van der Waals surface area contributed by atoms with E-state index >= 15 is 0 Å². The summed E-state index contributed by atoms with van der Waals surface area (Å²) in [6.45, 7) is 1.00. The van der Waals surface area contributed by atoms with Crippen molar-refractivity contribution in [3.63, 3.8) is 0 Å². The molecule has 11 heavy (non-hydrogen) atoms. The molecule has 0 saturated heterocycles. The van der Waals surface area contributed by atoms with Gasteiger partial charge in [0.2, 0.25) is 0 Å². The molecule has 0 amide bonds. The van der Waals surface area contributed by atoms with Crippen LogP contribution < -0.4 is 5.32 Å². The molecular formula is C8H18ClNO. The van der Waals surface area contributed by atoms with Crippen LogP contribution in [0, 0.1) is 5.92 Å². The lowest BCUT2D eigenvalue weighted by molar-refractivity contribution is 0.0213. The van der Waals surface area contributed by atoms with Gasteiger partial charge in [0.05, 0.1) is 6.10 Å². The van der Waals surface area contributed by atoms with Crippen molar-refractivity contribution in [2.75, 3.05) is 20.7 Å². The highest BCUT2D eigenvalue weighted by Crippen LogP contribution is 2.30. The van der Waals surface area contributed by atoms with Crippen molar-refractivity contribution in [3.05, 3.63) is 0 Å². The van der Waals surface area contributed by atoms with Crippen LogP contribution in [0.15, 0.2) is 0 Å². The molecule has 0 aromatic heterocycles. The summed E-state index contributed by atoms with van der Waals surface area (Å²) in [5.41, 5.74) is 0. The fourth-order valence-electron chi connectivity index (χ4n) is 1.46. The molecule has 1 atom stereocenters. The van der Waals surface area contributed by atoms with Gasteiger partial charge in [-0.1, -0.05) is 6.42 Å². The van der Waals surface area contributed by atoms with E-state index in [2.05, 4.69) is 5.32 Å². The predicted molar refractivity (Wildman–Crippen MR) is 49.3 cm³/mol. The molecule has 1 aliphatic carbocycles. The number of hydrogen-bond donors (Lipinski definition) is 1. The first-order valence-electron chi connectivity index (χ1n) is 4.06. The molecule has 1 aliphatic rings. The first-order valence-corrected chi connectivity index (χ1v) is 4.06. The quantitative estimate of drug-likeness (QED) is 0.706. The molecule has 68 valence electrons. The van der Waals surface area contributed by atoms with E-state index in [0.717, 1.165) is 12.5 Å². The van der Waals surface area contributed by atoms with Gasteiger partial charge in [-0.15, -0.1) is 12.4 Å². The predicted octanol–water partition coefficient (Wildman–Crippen LogP) is 1.44. The van der Waals surface area contributed by atoms with Gasteiger partial charge in [0.15, 0.2) is 0 Å². The summed E-state index contributed by atoms with van der Waals surface area (Å²) >= 11 is 0. The van der Waals surface area contributed by atoms with Gasteiger partial charge in [0.1, 0.15) is 0 Å². The first-order chi connectivity index (χ1) is 4.88. The molecule has 0 heterocycles. The minimum absolute atomic E-state index is 0. The Morgan fingerprint density at radius 2 is 2.18 bits per heavy atom. The van der Waals surface area contributed by atoms with Gasteiger partial charge >= 0.3 is 0 Å². The van der Waals surface area contributed by atoms with E-state index in [1.807, 2.05) is 7.05 Å². The minimum atomic E-state index is 0. The highest BCUT2D eigenvalue weighted by molar-refractivity contribution is 5.85. The van der Waals surface area contributed by atoms with E-state index in [1.54, 1.807) is 7.11 Å². The first kappa shape index (κ1) is 11.2. The number of nitrogens with one attached hydrogen (secondary N) is 1. The van der Waals surface area contributed by atoms with Gasteiger partial charge in [-0.05, 0) is 25.8 Å². The number of likely N-dealkylation sites (N-methyl/N-ethyl adjacent to an activating group) is 1. The van der Waals surface area contributed by atoms with Crippen molar-refractivity contribution < 1.29 is 4.74 Å². The average molecular weight is 180 g/mol. The summed E-state index contributed by atoms with van der Waals surface area (Å²) in [7, 11) is 3.78. The second-order valence-electron chi connectivity index (χ2n) is 3.02. The Hall–Kier alpha value is 0.210. The molecule has 2 nitrogen and oxygen atoms in total. The topological polar surface area (TPSA) is 21.3 Å².